The van der Waals surface area contributed by atoms with Crippen LogP contribution in [0.5, 0.6) is 0 Å². The van der Waals surface area contributed by atoms with E-state index in [0.29, 0.717) is 12.3 Å². The molecule has 0 radical (unpaired) electrons. The maximum absolute atomic E-state index is 12.0. The quantitative estimate of drug-likeness (QED) is 0.565. The lowest BCUT2D eigenvalue weighted by atomic mass is 10.2. The van der Waals surface area contributed by atoms with Crippen LogP contribution in [0.25, 0.3) is 6.08 Å². The van der Waals surface area contributed by atoms with Crippen LogP contribution in [0.1, 0.15) is 12.5 Å². The van der Waals surface area contributed by atoms with Gasteiger partial charge in [0.1, 0.15) is 0 Å². The van der Waals surface area contributed by atoms with Crippen molar-refractivity contribution in [1.82, 2.24) is 9.80 Å². The maximum atomic E-state index is 12.0. The molecule has 0 saturated heterocycles. The van der Waals surface area contributed by atoms with Crippen LogP contribution in [0.3, 0.4) is 0 Å². The normalized spacial score (nSPS) is 10.8. The molecule has 25 heavy (non-hydrogen) atoms. The minimum absolute atomic E-state index is 0.0620. The highest BCUT2D eigenvalue weighted by Gasteiger charge is 2.12. The van der Waals surface area contributed by atoms with Crippen molar-refractivity contribution in [2.45, 2.75) is 6.92 Å². The van der Waals surface area contributed by atoms with Gasteiger partial charge in [-0.05, 0) is 37.7 Å². The fourth-order valence-electron chi connectivity index (χ4n) is 1.91. The number of esters is 1. The van der Waals surface area contributed by atoms with Crippen LogP contribution in [-0.4, -0.2) is 68.4 Å². The predicted octanol–water partition coefficient (Wildman–Crippen LogP) is 1.22. The van der Waals surface area contributed by atoms with Crippen molar-refractivity contribution in [3.05, 3.63) is 35.9 Å². The average molecular weight is 347 g/mol. The van der Waals surface area contributed by atoms with Gasteiger partial charge in [0.25, 0.3) is 0 Å². The lowest BCUT2D eigenvalue weighted by Gasteiger charge is -2.18. The van der Waals surface area contributed by atoms with Gasteiger partial charge in [-0.2, -0.15) is 0 Å². The Bertz CT molecular complexity index is 624. The summed E-state index contributed by atoms with van der Waals surface area (Å²) in [6, 6.07) is 7.05. The van der Waals surface area contributed by atoms with Crippen LogP contribution in [0.2, 0.25) is 0 Å². The minimum atomic E-state index is -0.393. The summed E-state index contributed by atoms with van der Waals surface area (Å²) < 4.78 is 4.80. The first-order valence-electron chi connectivity index (χ1n) is 7.95. The predicted molar refractivity (Wildman–Crippen MR) is 96.9 cm³/mol. The summed E-state index contributed by atoms with van der Waals surface area (Å²) in [6.45, 7) is 2.38. The third kappa shape index (κ3) is 8.12. The van der Waals surface area contributed by atoms with E-state index in [4.69, 9.17) is 4.74 Å². The Morgan fingerprint density at radius 2 is 1.72 bits per heavy atom. The van der Waals surface area contributed by atoms with Gasteiger partial charge < -0.3 is 15.0 Å². The van der Waals surface area contributed by atoms with Crippen molar-refractivity contribution < 1.29 is 19.1 Å². The van der Waals surface area contributed by atoms with Gasteiger partial charge in [-0.1, -0.05) is 12.1 Å². The van der Waals surface area contributed by atoms with Crippen LogP contribution in [-0.2, 0) is 19.1 Å². The van der Waals surface area contributed by atoms with E-state index >= 15 is 0 Å². The molecule has 1 rings (SSSR count). The zero-order valence-corrected chi connectivity index (χ0v) is 15.1. The third-order valence-corrected chi connectivity index (χ3v) is 3.21. The summed E-state index contributed by atoms with van der Waals surface area (Å²) >= 11 is 0. The van der Waals surface area contributed by atoms with Crippen molar-refractivity contribution in [2.75, 3.05) is 46.2 Å². The summed E-state index contributed by atoms with van der Waals surface area (Å²) in [7, 11) is 5.06. The number of benzene rings is 1. The van der Waals surface area contributed by atoms with E-state index in [1.807, 2.05) is 0 Å². The van der Waals surface area contributed by atoms with E-state index in [2.05, 4.69) is 5.32 Å². The molecule has 1 N–H and O–H groups in total. The molecule has 0 aliphatic rings. The smallest absolute Gasteiger partial charge is 0.330 e. The topological polar surface area (TPSA) is 79.0 Å². The van der Waals surface area contributed by atoms with Crippen LogP contribution < -0.4 is 5.32 Å². The number of carbonyl (C=O) groups is 3. The minimum Gasteiger partial charge on any atom is -0.463 e. The Kier molecular flexibility index (Phi) is 8.35. The first-order valence-corrected chi connectivity index (χ1v) is 7.95. The highest BCUT2D eigenvalue weighted by Crippen LogP contribution is 2.11. The summed E-state index contributed by atoms with van der Waals surface area (Å²) in [5.74, 6) is -0.660. The van der Waals surface area contributed by atoms with E-state index in [1.165, 1.54) is 11.0 Å². The molecule has 1 aromatic carbocycles. The lowest BCUT2D eigenvalue weighted by Crippen LogP contribution is -2.38. The third-order valence-electron chi connectivity index (χ3n) is 3.21. The van der Waals surface area contributed by atoms with Crippen molar-refractivity contribution in [2.24, 2.45) is 0 Å². The molecule has 0 aromatic heterocycles. The number of anilines is 1. The number of amides is 2. The second kappa shape index (κ2) is 10.2. The van der Waals surface area contributed by atoms with Gasteiger partial charge in [-0.25, -0.2) is 4.79 Å². The number of likely N-dealkylation sites (N-methyl/N-ethyl adjacent to an activating group) is 2. The molecule has 0 heterocycles. The Morgan fingerprint density at radius 3 is 2.28 bits per heavy atom. The van der Waals surface area contributed by atoms with E-state index in [-0.39, 0.29) is 24.9 Å². The standard InChI is InChI=1S/C18H25N3O4/c1-5-25-18(24)11-8-14-6-9-15(10-7-14)19-16(22)12-21(4)13-17(23)20(2)3/h6-11H,5,12-13H2,1-4H3,(H,19,22)/b11-8+. The second-order valence-electron chi connectivity index (χ2n) is 5.72. The van der Waals surface area contributed by atoms with Gasteiger partial charge in [0.15, 0.2) is 0 Å². The molecule has 136 valence electrons. The fourth-order valence-corrected chi connectivity index (χ4v) is 1.91. The number of hydrogen-bond acceptors (Lipinski definition) is 5. The number of rotatable bonds is 8. The number of nitrogens with one attached hydrogen (secondary N) is 1. The molecule has 0 fully saturated rings. The van der Waals surface area contributed by atoms with E-state index in [1.54, 1.807) is 63.3 Å². The molecule has 1 aromatic rings. The number of hydrogen-bond donors (Lipinski definition) is 1. The van der Waals surface area contributed by atoms with Crippen molar-refractivity contribution in [1.29, 1.82) is 0 Å². The SMILES string of the molecule is CCOC(=O)/C=C/c1ccc(NC(=O)CN(C)CC(=O)N(C)C)cc1. The van der Waals surface area contributed by atoms with Gasteiger partial charge in [-0.3, -0.25) is 14.5 Å². The first kappa shape index (κ1) is 20.4. The second-order valence-corrected chi connectivity index (χ2v) is 5.72. The molecular weight excluding hydrogens is 322 g/mol. The van der Waals surface area contributed by atoms with Crippen LogP contribution >= 0.6 is 0 Å². The average Bonchev–Trinajstić information content (AvgIpc) is 2.54. The number of carbonyl (C=O) groups excluding carboxylic acids is 3. The number of ether oxygens (including phenoxy) is 1. The molecule has 7 heteroatoms. The molecule has 0 unspecified atom stereocenters. The Morgan fingerprint density at radius 1 is 1.08 bits per heavy atom. The highest BCUT2D eigenvalue weighted by atomic mass is 16.5. The summed E-state index contributed by atoms with van der Waals surface area (Å²) in [6.07, 6.45) is 3.00. The first-order chi connectivity index (χ1) is 11.8. The molecular formula is C18H25N3O4. The Balaban J connectivity index is 2.50. The van der Waals surface area contributed by atoms with Crippen molar-refractivity contribution in [3.8, 4) is 0 Å². The van der Waals surface area contributed by atoms with Gasteiger partial charge in [-0.15, -0.1) is 0 Å². The molecule has 0 bridgehead atoms. The monoisotopic (exact) mass is 347 g/mol. The molecule has 7 nitrogen and oxygen atoms in total. The van der Waals surface area contributed by atoms with E-state index in [9.17, 15) is 14.4 Å². The molecule has 0 spiro atoms. The summed E-state index contributed by atoms with van der Waals surface area (Å²) in [5.41, 5.74) is 1.46. The molecule has 0 saturated carbocycles. The van der Waals surface area contributed by atoms with Gasteiger partial charge in [0, 0.05) is 25.9 Å². The zero-order valence-electron chi connectivity index (χ0n) is 15.1. The van der Waals surface area contributed by atoms with Gasteiger partial charge >= 0.3 is 5.97 Å². The van der Waals surface area contributed by atoms with E-state index in [0.717, 1.165) is 5.56 Å². The van der Waals surface area contributed by atoms with Gasteiger partial charge in [0.2, 0.25) is 11.8 Å². The molecule has 0 aliphatic carbocycles. The van der Waals surface area contributed by atoms with Gasteiger partial charge in [0.05, 0.1) is 19.7 Å². The largest absolute Gasteiger partial charge is 0.463 e. The highest BCUT2D eigenvalue weighted by molar-refractivity contribution is 5.93. The molecule has 0 atom stereocenters. The molecule has 2 amide bonds. The molecule has 0 aliphatic heterocycles. The number of nitrogens with zero attached hydrogens (tertiary/aromatic N) is 2. The Hall–Kier alpha value is -2.67. The van der Waals surface area contributed by atoms with Crippen LogP contribution in [0.4, 0.5) is 5.69 Å². The fraction of sp³-hybridized carbons (Fsp3) is 0.389. The zero-order chi connectivity index (χ0) is 18.8. The summed E-state index contributed by atoms with van der Waals surface area (Å²) in [5, 5.41) is 2.77. The van der Waals surface area contributed by atoms with E-state index < -0.39 is 5.97 Å². The van der Waals surface area contributed by atoms with Crippen molar-refractivity contribution in [3.63, 3.8) is 0 Å². The summed E-state index contributed by atoms with van der Waals surface area (Å²) in [4.78, 5) is 38.0. The van der Waals surface area contributed by atoms with Crippen molar-refractivity contribution >= 4 is 29.5 Å². The maximum Gasteiger partial charge on any atom is 0.330 e. The van der Waals surface area contributed by atoms with Crippen LogP contribution in [0.15, 0.2) is 30.3 Å². The van der Waals surface area contributed by atoms with Crippen LogP contribution in [0, 0.1) is 0 Å². The lowest BCUT2D eigenvalue weighted by molar-refractivity contribution is -0.137. The Labute approximate surface area is 148 Å².